The predicted octanol–water partition coefficient (Wildman–Crippen LogP) is 3.31. The molecule has 0 bridgehead atoms. The number of carbonyl (C=O) groups excluding carboxylic acids is 1. The summed E-state index contributed by atoms with van der Waals surface area (Å²) in [7, 11) is 0. The van der Waals surface area contributed by atoms with Crippen molar-refractivity contribution in [3.05, 3.63) is 29.3 Å². The van der Waals surface area contributed by atoms with Gasteiger partial charge in [0.1, 0.15) is 6.29 Å². The molecule has 70 valence electrons. The first kappa shape index (κ1) is 10.3. The van der Waals surface area contributed by atoms with Gasteiger partial charge in [-0.2, -0.15) is 0 Å². The topological polar surface area (TPSA) is 17.1 Å². The van der Waals surface area contributed by atoms with Crippen LogP contribution in [-0.4, -0.2) is 11.5 Å². The fourth-order valence-corrected chi connectivity index (χ4v) is 2.06. The molecule has 2 heteroatoms. The molecule has 0 saturated heterocycles. The molecule has 1 aromatic carbocycles. The summed E-state index contributed by atoms with van der Waals surface area (Å²) in [6.07, 6.45) is 0.902. The van der Waals surface area contributed by atoms with Crippen LogP contribution in [0.3, 0.4) is 0 Å². The average molecular weight is 194 g/mol. The van der Waals surface area contributed by atoms with E-state index in [-0.39, 0.29) is 0 Å². The fraction of sp³-hybridized carbons (Fsp3) is 0.364. The molecule has 0 saturated carbocycles. The van der Waals surface area contributed by atoms with Gasteiger partial charge in [-0.3, -0.25) is 4.79 Å². The molecule has 0 aliphatic carbocycles. The van der Waals surface area contributed by atoms with Gasteiger partial charge in [-0.15, -0.1) is 11.8 Å². The molecule has 0 heterocycles. The van der Waals surface area contributed by atoms with E-state index >= 15 is 0 Å². The molecule has 0 aromatic heterocycles. The van der Waals surface area contributed by atoms with Crippen molar-refractivity contribution in [1.29, 1.82) is 0 Å². The highest BCUT2D eigenvalue weighted by Gasteiger charge is 2.01. The van der Waals surface area contributed by atoms with Crippen molar-refractivity contribution in [2.75, 3.05) is 0 Å². The Morgan fingerprint density at radius 3 is 2.54 bits per heavy atom. The third-order valence-electron chi connectivity index (χ3n) is 1.74. The molecule has 0 atom stereocenters. The first-order valence-electron chi connectivity index (χ1n) is 4.36. The summed E-state index contributed by atoms with van der Waals surface area (Å²) in [6, 6.07) is 5.95. The minimum atomic E-state index is 0.585. The molecule has 0 aliphatic heterocycles. The normalized spacial score (nSPS) is 10.5. The quantitative estimate of drug-likeness (QED) is 0.542. The summed E-state index contributed by atoms with van der Waals surface area (Å²) < 4.78 is 0. The van der Waals surface area contributed by atoms with E-state index in [1.54, 1.807) is 0 Å². The van der Waals surface area contributed by atoms with Crippen LogP contribution in [0.15, 0.2) is 23.1 Å². The van der Waals surface area contributed by atoms with Crippen molar-refractivity contribution in [3.8, 4) is 0 Å². The molecular formula is C11H14OS. The van der Waals surface area contributed by atoms with Crippen LogP contribution in [0.4, 0.5) is 0 Å². The van der Waals surface area contributed by atoms with Crippen molar-refractivity contribution in [2.24, 2.45) is 0 Å². The number of carbonyl (C=O) groups is 1. The molecule has 0 aliphatic rings. The second kappa shape index (κ2) is 4.47. The number of hydrogen-bond acceptors (Lipinski definition) is 2. The number of rotatable bonds is 3. The lowest BCUT2D eigenvalue weighted by atomic mass is 10.1. The number of hydrogen-bond donors (Lipinski definition) is 0. The zero-order valence-corrected chi connectivity index (χ0v) is 9.02. The van der Waals surface area contributed by atoms with Gasteiger partial charge in [-0.25, -0.2) is 0 Å². The summed E-state index contributed by atoms with van der Waals surface area (Å²) in [6.45, 7) is 6.29. The van der Waals surface area contributed by atoms with E-state index in [2.05, 4.69) is 19.9 Å². The van der Waals surface area contributed by atoms with E-state index in [1.165, 1.54) is 4.90 Å². The smallest absolute Gasteiger partial charge is 0.150 e. The Morgan fingerprint density at radius 2 is 2.08 bits per heavy atom. The summed E-state index contributed by atoms with van der Waals surface area (Å²) in [5, 5.41) is 0.585. The Kier molecular flexibility index (Phi) is 3.55. The number of thioether (sulfide) groups is 1. The van der Waals surface area contributed by atoms with E-state index in [0.717, 1.165) is 17.4 Å². The van der Waals surface area contributed by atoms with Crippen LogP contribution in [0.5, 0.6) is 0 Å². The Balaban J connectivity index is 2.89. The molecule has 0 fully saturated rings. The average Bonchev–Trinajstić information content (AvgIpc) is 2.03. The summed E-state index contributed by atoms with van der Waals surface area (Å²) in [5.74, 6) is 0. The monoisotopic (exact) mass is 194 g/mol. The van der Waals surface area contributed by atoms with Crippen molar-refractivity contribution >= 4 is 18.0 Å². The Labute approximate surface area is 83.5 Å². The van der Waals surface area contributed by atoms with E-state index < -0.39 is 0 Å². The minimum Gasteiger partial charge on any atom is -0.298 e. The Morgan fingerprint density at radius 1 is 1.38 bits per heavy atom. The molecule has 1 nitrogen and oxygen atoms in total. The van der Waals surface area contributed by atoms with E-state index in [9.17, 15) is 4.79 Å². The summed E-state index contributed by atoms with van der Waals surface area (Å²) >= 11 is 1.82. The van der Waals surface area contributed by atoms with Crippen molar-refractivity contribution in [3.63, 3.8) is 0 Å². The Hall–Kier alpha value is -0.760. The molecule has 0 N–H and O–H groups in total. The highest BCUT2D eigenvalue weighted by molar-refractivity contribution is 7.99. The van der Waals surface area contributed by atoms with Gasteiger partial charge < -0.3 is 0 Å². The zero-order chi connectivity index (χ0) is 9.84. The molecular weight excluding hydrogens is 180 g/mol. The van der Waals surface area contributed by atoms with Gasteiger partial charge in [0.2, 0.25) is 0 Å². The van der Waals surface area contributed by atoms with Crippen LogP contribution in [0.25, 0.3) is 0 Å². The van der Waals surface area contributed by atoms with Gasteiger partial charge in [-0.05, 0) is 24.6 Å². The zero-order valence-electron chi connectivity index (χ0n) is 8.20. The SMILES string of the molecule is Cc1cc(SC(C)C)ccc1C=O. The van der Waals surface area contributed by atoms with Crippen LogP contribution >= 0.6 is 11.8 Å². The largest absolute Gasteiger partial charge is 0.298 e. The number of aryl methyl sites for hydroxylation is 1. The third kappa shape index (κ3) is 2.88. The maximum absolute atomic E-state index is 10.6. The lowest BCUT2D eigenvalue weighted by molar-refractivity contribution is 0.112. The molecule has 0 unspecified atom stereocenters. The number of aldehydes is 1. The first-order chi connectivity index (χ1) is 6.13. The minimum absolute atomic E-state index is 0.585. The van der Waals surface area contributed by atoms with Crippen molar-refractivity contribution in [1.82, 2.24) is 0 Å². The molecule has 0 amide bonds. The second-order valence-electron chi connectivity index (χ2n) is 3.30. The van der Waals surface area contributed by atoms with Gasteiger partial charge in [0.15, 0.2) is 0 Å². The lowest BCUT2D eigenvalue weighted by Crippen LogP contribution is -1.89. The molecule has 0 radical (unpaired) electrons. The van der Waals surface area contributed by atoms with Crippen LogP contribution in [-0.2, 0) is 0 Å². The molecule has 0 spiro atoms. The summed E-state index contributed by atoms with van der Waals surface area (Å²) in [4.78, 5) is 11.8. The highest BCUT2D eigenvalue weighted by Crippen LogP contribution is 2.24. The van der Waals surface area contributed by atoms with E-state index in [1.807, 2.05) is 30.8 Å². The third-order valence-corrected chi connectivity index (χ3v) is 2.74. The molecule has 13 heavy (non-hydrogen) atoms. The van der Waals surface area contributed by atoms with Gasteiger partial charge in [0.25, 0.3) is 0 Å². The van der Waals surface area contributed by atoms with Crippen LogP contribution < -0.4 is 0 Å². The first-order valence-corrected chi connectivity index (χ1v) is 5.24. The fourth-order valence-electron chi connectivity index (χ4n) is 1.13. The van der Waals surface area contributed by atoms with Crippen molar-refractivity contribution < 1.29 is 4.79 Å². The van der Waals surface area contributed by atoms with Gasteiger partial charge >= 0.3 is 0 Å². The van der Waals surface area contributed by atoms with Crippen LogP contribution in [0, 0.1) is 6.92 Å². The van der Waals surface area contributed by atoms with Gasteiger partial charge in [-0.1, -0.05) is 19.9 Å². The molecule has 1 aromatic rings. The van der Waals surface area contributed by atoms with Gasteiger partial charge in [0, 0.05) is 15.7 Å². The van der Waals surface area contributed by atoms with Crippen molar-refractivity contribution in [2.45, 2.75) is 30.9 Å². The molecule has 1 rings (SSSR count). The Bertz CT molecular complexity index is 305. The van der Waals surface area contributed by atoms with E-state index in [4.69, 9.17) is 0 Å². The van der Waals surface area contributed by atoms with Crippen LogP contribution in [0.1, 0.15) is 29.8 Å². The van der Waals surface area contributed by atoms with Crippen LogP contribution in [0.2, 0.25) is 0 Å². The summed E-state index contributed by atoms with van der Waals surface area (Å²) in [5.41, 5.74) is 1.84. The van der Waals surface area contributed by atoms with Gasteiger partial charge in [0.05, 0.1) is 0 Å². The lowest BCUT2D eigenvalue weighted by Gasteiger charge is -2.06. The standard InChI is InChI=1S/C11H14OS/c1-8(2)13-11-5-4-10(7-12)9(3)6-11/h4-8H,1-3H3. The number of benzene rings is 1. The predicted molar refractivity (Wildman–Crippen MR) is 57.6 cm³/mol. The maximum Gasteiger partial charge on any atom is 0.150 e. The van der Waals surface area contributed by atoms with E-state index in [0.29, 0.717) is 5.25 Å². The highest BCUT2D eigenvalue weighted by atomic mass is 32.2. The maximum atomic E-state index is 10.6. The second-order valence-corrected chi connectivity index (χ2v) is 4.95.